The Morgan fingerprint density at radius 3 is 2.38 bits per heavy atom. The van der Waals surface area contributed by atoms with Gasteiger partial charge in [-0.15, -0.1) is 0 Å². The van der Waals surface area contributed by atoms with E-state index in [1.165, 1.54) is 44.9 Å². The smallest absolute Gasteiger partial charge is 0.00693 e. The molecule has 2 rings (SSSR count). The molecule has 2 saturated carbocycles. The van der Waals surface area contributed by atoms with E-state index in [1.807, 2.05) is 0 Å². The van der Waals surface area contributed by atoms with Gasteiger partial charge in [-0.3, -0.25) is 0 Å². The largest absolute Gasteiger partial charge is 0.317 e. The van der Waals surface area contributed by atoms with Crippen LogP contribution >= 0.6 is 0 Å². The number of hydrogen-bond donors (Lipinski definition) is 1. The second kappa shape index (κ2) is 3.61. The predicted octanol–water partition coefficient (Wildman–Crippen LogP) is 2.95. The molecule has 2 aliphatic rings. The van der Waals surface area contributed by atoms with Gasteiger partial charge in [0.05, 0.1) is 0 Å². The fourth-order valence-electron chi connectivity index (χ4n) is 3.85. The van der Waals surface area contributed by atoms with E-state index < -0.39 is 0 Å². The first-order valence-corrected chi connectivity index (χ1v) is 5.96. The van der Waals surface area contributed by atoms with Crippen molar-refractivity contribution in [3.05, 3.63) is 0 Å². The van der Waals surface area contributed by atoms with Crippen LogP contribution in [0, 0.1) is 11.3 Å². The summed E-state index contributed by atoms with van der Waals surface area (Å²) < 4.78 is 0. The summed E-state index contributed by atoms with van der Waals surface area (Å²) in [5.41, 5.74) is 0.766. The van der Waals surface area contributed by atoms with Crippen LogP contribution in [0.4, 0.5) is 0 Å². The van der Waals surface area contributed by atoms with Crippen LogP contribution in [0.1, 0.15) is 51.9 Å². The molecule has 1 nitrogen and oxygen atoms in total. The third-order valence-electron chi connectivity index (χ3n) is 4.63. The highest BCUT2D eigenvalue weighted by atomic mass is 14.9. The molecule has 0 aromatic carbocycles. The van der Waals surface area contributed by atoms with Crippen molar-refractivity contribution in [1.29, 1.82) is 0 Å². The van der Waals surface area contributed by atoms with E-state index in [1.54, 1.807) is 0 Å². The molecule has 0 aliphatic heterocycles. The number of nitrogens with one attached hydrogen (secondary N) is 1. The normalized spacial score (nSPS) is 34.2. The molecule has 0 aromatic rings. The summed E-state index contributed by atoms with van der Waals surface area (Å²) in [6, 6.07) is 0.737. The van der Waals surface area contributed by atoms with E-state index in [4.69, 9.17) is 0 Å². The van der Waals surface area contributed by atoms with Gasteiger partial charge >= 0.3 is 0 Å². The molecule has 2 fully saturated rings. The standard InChI is InChI=1S/C12H23N/c1-10(13-2)11-6-5-9-12(11)7-3-4-8-12/h10-11,13H,3-9H2,1-2H3. The Morgan fingerprint density at radius 1 is 1.15 bits per heavy atom. The van der Waals surface area contributed by atoms with Crippen molar-refractivity contribution >= 4 is 0 Å². The molecular weight excluding hydrogens is 158 g/mol. The Balaban J connectivity index is 2.08. The second-order valence-electron chi connectivity index (χ2n) is 5.15. The summed E-state index contributed by atoms with van der Waals surface area (Å²) in [5.74, 6) is 0.972. The first-order valence-electron chi connectivity index (χ1n) is 5.96. The SMILES string of the molecule is CNC(C)C1CCCC12CCCC2. The lowest BCUT2D eigenvalue weighted by Gasteiger charge is -2.35. The van der Waals surface area contributed by atoms with Crippen LogP contribution in [0.2, 0.25) is 0 Å². The van der Waals surface area contributed by atoms with Gasteiger partial charge in [0, 0.05) is 6.04 Å². The van der Waals surface area contributed by atoms with Gasteiger partial charge in [-0.25, -0.2) is 0 Å². The van der Waals surface area contributed by atoms with E-state index >= 15 is 0 Å². The molecular formula is C12H23N. The summed E-state index contributed by atoms with van der Waals surface area (Å²) in [4.78, 5) is 0. The van der Waals surface area contributed by atoms with Crippen molar-refractivity contribution in [2.75, 3.05) is 7.05 Å². The minimum atomic E-state index is 0.737. The molecule has 76 valence electrons. The minimum absolute atomic E-state index is 0.737. The first-order chi connectivity index (χ1) is 6.28. The summed E-state index contributed by atoms with van der Waals surface area (Å²) in [5, 5.41) is 3.46. The first kappa shape index (κ1) is 9.51. The zero-order chi connectivity index (χ0) is 9.31. The van der Waals surface area contributed by atoms with Crippen LogP contribution < -0.4 is 5.32 Å². The highest BCUT2D eigenvalue weighted by molar-refractivity contribution is 4.98. The maximum absolute atomic E-state index is 3.46. The number of rotatable bonds is 2. The molecule has 1 N–H and O–H groups in total. The van der Waals surface area contributed by atoms with Crippen molar-refractivity contribution in [3.63, 3.8) is 0 Å². The topological polar surface area (TPSA) is 12.0 Å². The molecule has 0 bridgehead atoms. The molecule has 1 heteroatoms. The fourth-order valence-corrected chi connectivity index (χ4v) is 3.85. The summed E-state index contributed by atoms with van der Waals surface area (Å²) in [6.07, 6.45) is 10.5. The van der Waals surface area contributed by atoms with Crippen molar-refractivity contribution in [2.45, 2.75) is 57.9 Å². The maximum atomic E-state index is 3.46. The van der Waals surface area contributed by atoms with Gasteiger partial charge in [0.1, 0.15) is 0 Å². The molecule has 2 aliphatic carbocycles. The molecule has 2 unspecified atom stereocenters. The van der Waals surface area contributed by atoms with Gasteiger partial charge < -0.3 is 5.32 Å². The highest BCUT2D eigenvalue weighted by Crippen LogP contribution is 2.55. The zero-order valence-electron chi connectivity index (χ0n) is 9.10. The number of hydrogen-bond acceptors (Lipinski definition) is 1. The summed E-state index contributed by atoms with van der Waals surface area (Å²) in [6.45, 7) is 2.37. The highest BCUT2D eigenvalue weighted by Gasteiger charge is 2.45. The van der Waals surface area contributed by atoms with E-state index in [9.17, 15) is 0 Å². The van der Waals surface area contributed by atoms with Gasteiger partial charge in [-0.2, -0.15) is 0 Å². The average Bonchev–Trinajstić information content (AvgIpc) is 2.76. The predicted molar refractivity (Wildman–Crippen MR) is 56.8 cm³/mol. The van der Waals surface area contributed by atoms with E-state index in [0.717, 1.165) is 17.4 Å². The monoisotopic (exact) mass is 181 g/mol. The molecule has 0 heterocycles. The lowest BCUT2D eigenvalue weighted by Crippen LogP contribution is -2.38. The molecule has 13 heavy (non-hydrogen) atoms. The second-order valence-corrected chi connectivity index (χ2v) is 5.15. The van der Waals surface area contributed by atoms with Gasteiger partial charge in [0.25, 0.3) is 0 Å². The lowest BCUT2D eigenvalue weighted by atomic mass is 9.73. The van der Waals surface area contributed by atoms with Crippen LogP contribution in [0.3, 0.4) is 0 Å². The van der Waals surface area contributed by atoms with Crippen molar-refractivity contribution < 1.29 is 0 Å². The van der Waals surface area contributed by atoms with Gasteiger partial charge in [-0.1, -0.05) is 19.3 Å². The Labute approximate surface area is 82.3 Å². The third-order valence-corrected chi connectivity index (χ3v) is 4.63. The van der Waals surface area contributed by atoms with Gasteiger partial charge in [0.15, 0.2) is 0 Å². The Hall–Kier alpha value is -0.0400. The Morgan fingerprint density at radius 2 is 1.77 bits per heavy atom. The van der Waals surface area contributed by atoms with E-state index in [0.29, 0.717) is 0 Å². The Bertz CT molecular complexity index is 164. The van der Waals surface area contributed by atoms with Crippen molar-refractivity contribution in [2.24, 2.45) is 11.3 Å². The third kappa shape index (κ3) is 1.52. The van der Waals surface area contributed by atoms with Gasteiger partial charge in [-0.05, 0) is 51.0 Å². The maximum Gasteiger partial charge on any atom is 0.00693 e. The van der Waals surface area contributed by atoms with Crippen LogP contribution in [0.15, 0.2) is 0 Å². The fraction of sp³-hybridized carbons (Fsp3) is 1.00. The lowest BCUT2D eigenvalue weighted by molar-refractivity contribution is 0.170. The molecule has 0 amide bonds. The molecule has 0 radical (unpaired) electrons. The van der Waals surface area contributed by atoms with Crippen LogP contribution in [0.5, 0.6) is 0 Å². The zero-order valence-corrected chi connectivity index (χ0v) is 9.10. The molecule has 2 atom stereocenters. The van der Waals surface area contributed by atoms with Crippen LogP contribution in [0.25, 0.3) is 0 Å². The summed E-state index contributed by atoms with van der Waals surface area (Å²) >= 11 is 0. The minimum Gasteiger partial charge on any atom is -0.317 e. The van der Waals surface area contributed by atoms with Crippen LogP contribution in [-0.2, 0) is 0 Å². The Kier molecular flexibility index (Phi) is 2.64. The average molecular weight is 181 g/mol. The van der Waals surface area contributed by atoms with E-state index in [-0.39, 0.29) is 0 Å². The van der Waals surface area contributed by atoms with E-state index in [2.05, 4.69) is 19.3 Å². The molecule has 0 saturated heterocycles. The molecule has 0 aromatic heterocycles. The van der Waals surface area contributed by atoms with Crippen molar-refractivity contribution in [1.82, 2.24) is 5.32 Å². The quantitative estimate of drug-likeness (QED) is 0.690. The van der Waals surface area contributed by atoms with Crippen LogP contribution in [-0.4, -0.2) is 13.1 Å². The molecule has 1 spiro atoms. The van der Waals surface area contributed by atoms with Crippen molar-refractivity contribution in [3.8, 4) is 0 Å². The van der Waals surface area contributed by atoms with Gasteiger partial charge in [0.2, 0.25) is 0 Å². The summed E-state index contributed by atoms with van der Waals surface area (Å²) in [7, 11) is 2.12.